The number of hydrogen-bond donors (Lipinski definition) is 1. The van der Waals surface area contributed by atoms with Gasteiger partial charge in [-0.25, -0.2) is 0 Å². The van der Waals surface area contributed by atoms with Crippen LogP contribution in [-0.2, 0) is 0 Å². The SMILES string of the molecule is NC1CCCCCC1.[Cl-]. The van der Waals surface area contributed by atoms with Crippen molar-refractivity contribution in [1.29, 1.82) is 0 Å². The van der Waals surface area contributed by atoms with Crippen molar-refractivity contribution in [2.24, 2.45) is 5.73 Å². The van der Waals surface area contributed by atoms with Gasteiger partial charge in [0.05, 0.1) is 0 Å². The Morgan fingerprint density at radius 1 is 0.889 bits per heavy atom. The van der Waals surface area contributed by atoms with Gasteiger partial charge in [-0.2, -0.15) is 0 Å². The van der Waals surface area contributed by atoms with E-state index in [1.807, 2.05) is 0 Å². The van der Waals surface area contributed by atoms with Crippen LogP contribution in [0.25, 0.3) is 0 Å². The Morgan fingerprint density at radius 3 is 1.78 bits per heavy atom. The summed E-state index contributed by atoms with van der Waals surface area (Å²) in [5, 5.41) is 0. The van der Waals surface area contributed by atoms with Crippen molar-refractivity contribution < 1.29 is 12.4 Å². The molecule has 1 aliphatic rings. The van der Waals surface area contributed by atoms with Crippen molar-refractivity contribution in [3.05, 3.63) is 0 Å². The highest BCUT2D eigenvalue weighted by Gasteiger charge is 2.05. The van der Waals surface area contributed by atoms with E-state index in [9.17, 15) is 0 Å². The molecule has 1 rings (SSSR count). The summed E-state index contributed by atoms with van der Waals surface area (Å²) in [6.07, 6.45) is 8.07. The van der Waals surface area contributed by atoms with Gasteiger partial charge in [0.15, 0.2) is 0 Å². The van der Waals surface area contributed by atoms with Crippen molar-refractivity contribution in [3.63, 3.8) is 0 Å². The minimum atomic E-state index is 0. The van der Waals surface area contributed by atoms with Crippen LogP contribution in [0.4, 0.5) is 0 Å². The van der Waals surface area contributed by atoms with Gasteiger partial charge in [-0.3, -0.25) is 0 Å². The third-order valence-corrected chi connectivity index (χ3v) is 1.90. The summed E-state index contributed by atoms with van der Waals surface area (Å²) in [6.45, 7) is 0. The molecule has 1 nitrogen and oxygen atoms in total. The quantitative estimate of drug-likeness (QED) is 0.424. The Kier molecular flexibility index (Phi) is 5.21. The van der Waals surface area contributed by atoms with Crippen LogP contribution in [0, 0.1) is 0 Å². The zero-order chi connectivity index (χ0) is 5.82. The Balaban J connectivity index is 0.000000640. The van der Waals surface area contributed by atoms with Crippen molar-refractivity contribution in [2.75, 3.05) is 0 Å². The van der Waals surface area contributed by atoms with Gasteiger partial charge in [0.2, 0.25) is 0 Å². The maximum Gasteiger partial charge on any atom is 0.00388 e. The van der Waals surface area contributed by atoms with E-state index >= 15 is 0 Å². The Labute approximate surface area is 63.4 Å². The fraction of sp³-hybridized carbons (Fsp3) is 1.00. The third kappa shape index (κ3) is 3.77. The van der Waals surface area contributed by atoms with Gasteiger partial charge in [0.25, 0.3) is 0 Å². The first-order valence-electron chi connectivity index (χ1n) is 3.65. The molecule has 2 N–H and O–H groups in total. The second-order valence-corrected chi connectivity index (χ2v) is 2.75. The van der Waals surface area contributed by atoms with Gasteiger partial charge < -0.3 is 18.1 Å². The van der Waals surface area contributed by atoms with E-state index in [-0.39, 0.29) is 12.4 Å². The number of rotatable bonds is 0. The molecule has 0 bridgehead atoms. The molecule has 0 aromatic carbocycles. The molecular weight excluding hydrogens is 134 g/mol. The summed E-state index contributed by atoms with van der Waals surface area (Å²) in [5.41, 5.74) is 5.73. The maximum atomic E-state index is 5.73. The second kappa shape index (κ2) is 5.07. The van der Waals surface area contributed by atoms with E-state index in [0.717, 1.165) is 0 Å². The highest BCUT2D eigenvalue weighted by Crippen LogP contribution is 2.14. The fourth-order valence-electron chi connectivity index (χ4n) is 1.31. The largest absolute Gasteiger partial charge is 1.00 e. The minimum absolute atomic E-state index is 0. The normalized spacial score (nSPS) is 22.3. The molecule has 0 heterocycles. The van der Waals surface area contributed by atoms with Gasteiger partial charge in [-0.05, 0) is 12.8 Å². The lowest BCUT2D eigenvalue weighted by Gasteiger charge is -2.03. The summed E-state index contributed by atoms with van der Waals surface area (Å²) in [4.78, 5) is 0. The lowest BCUT2D eigenvalue weighted by molar-refractivity contribution is -0.00000193. The molecule has 0 aromatic rings. The van der Waals surface area contributed by atoms with Crippen LogP contribution in [0.2, 0.25) is 0 Å². The van der Waals surface area contributed by atoms with Crippen LogP contribution in [0.3, 0.4) is 0 Å². The van der Waals surface area contributed by atoms with Crippen LogP contribution in [0.15, 0.2) is 0 Å². The van der Waals surface area contributed by atoms with Crippen molar-refractivity contribution in [2.45, 2.75) is 44.6 Å². The topological polar surface area (TPSA) is 26.0 Å². The van der Waals surface area contributed by atoms with Gasteiger partial charge in [0.1, 0.15) is 0 Å². The molecule has 0 unspecified atom stereocenters. The van der Waals surface area contributed by atoms with Crippen molar-refractivity contribution in [1.82, 2.24) is 0 Å². The zero-order valence-electron chi connectivity index (χ0n) is 5.78. The molecule has 0 amide bonds. The Morgan fingerprint density at radius 2 is 1.33 bits per heavy atom. The van der Waals surface area contributed by atoms with Gasteiger partial charge in [0, 0.05) is 6.04 Å². The monoisotopic (exact) mass is 148 g/mol. The van der Waals surface area contributed by atoms with Gasteiger partial charge in [-0.1, -0.05) is 25.7 Å². The summed E-state index contributed by atoms with van der Waals surface area (Å²) in [5.74, 6) is 0. The van der Waals surface area contributed by atoms with Gasteiger partial charge >= 0.3 is 0 Å². The minimum Gasteiger partial charge on any atom is -1.00 e. The van der Waals surface area contributed by atoms with Gasteiger partial charge in [-0.15, -0.1) is 0 Å². The summed E-state index contributed by atoms with van der Waals surface area (Å²) >= 11 is 0. The highest BCUT2D eigenvalue weighted by atomic mass is 35.5. The Bertz CT molecular complexity index is 57.9. The van der Waals surface area contributed by atoms with E-state index < -0.39 is 0 Å². The molecule has 0 aromatic heterocycles. The lowest BCUT2D eigenvalue weighted by Crippen LogP contribution is -3.00. The molecule has 0 spiro atoms. The first kappa shape index (κ1) is 9.25. The number of halogens is 1. The summed E-state index contributed by atoms with van der Waals surface area (Å²) < 4.78 is 0. The molecule has 1 saturated carbocycles. The molecule has 1 fully saturated rings. The van der Waals surface area contributed by atoms with E-state index in [4.69, 9.17) is 5.73 Å². The van der Waals surface area contributed by atoms with Crippen molar-refractivity contribution in [3.8, 4) is 0 Å². The zero-order valence-corrected chi connectivity index (χ0v) is 6.53. The highest BCUT2D eigenvalue weighted by molar-refractivity contribution is 4.64. The van der Waals surface area contributed by atoms with E-state index in [0.29, 0.717) is 6.04 Å². The fourth-order valence-corrected chi connectivity index (χ4v) is 1.31. The van der Waals surface area contributed by atoms with Crippen LogP contribution in [0.5, 0.6) is 0 Å². The average Bonchev–Trinajstić information content (AvgIpc) is 1.94. The maximum absolute atomic E-state index is 5.73. The molecule has 0 aliphatic heterocycles. The molecule has 9 heavy (non-hydrogen) atoms. The van der Waals surface area contributed by atoms with E-state index in [1.165, 1.54) is 38.5 Å². The molecule has 56 valence electrons. The summed E-state index contributed by atoms with van der Waals surface area (Å²) in [7, 11) is 0. The van der Waals surface area contributed by atoms with Crippen LogP contribution < -0.4 is 18.1 Å². The predicted octanol–water partition coefficient (Wildman–Crippen LogP) is -1.33. The smallest absolute Gasteiger partial charge is 0.00388 e. The van der Waals surface area contributed by atoms with Crippen molar-refractivity contribution >= 4 is 0 Å². The summed E-state index contributed by atoms with van der Waals surface area (Å²) in [6, 6.07) is 0.525. The van der Waals surface area contributed by atoms with E-state index in [1.54, 1.807) is 0 Å². The first-order chi connectivity index (χ1) is 3.89. The van der Waals surface area contributed by atoms with E-state index in [2.05, 4.69) is 0 Å². The standard InChI is InChI=1S/C7H15N.ClH/c8-7-5-3-1-2-4-6-7;/h7H,1-6,8H2;1H/p-1. The number of nitrogens with two attached hydrogens (primary N) is 1. The predicted molar refractivity (Wildman–Crippen MR) is 35.7 cm³/mol. The van der Waals surface area contributed by atoms with Crippen LogP contribution in [0.1, 0.15) is 38.5 Å². The molecule has 1 aliphatic carbocycles. The van der Waals surface area contributed by atoms with Crippen LogP contribution in [-0.4, -0.2) is 6.04 Å². The van der Waals surface area contributed by atoms with Crippen LogP contribution >= 0.6 is 0 Å². The molecule has 0 radical (unpaired) electrons. The Hall–Kier alpha value is 0.250. The lowest BCUT2D eigenvalue weighted by atomic mass is 10.1. The molecule has 2 heteroatoms. The molecular formula is C7H15ClN-. The third-order valence-electron chi connectivity index (χ3n) is 1.90. The number of hydrogen-bond acceptors (Lipinski definition) is 1. The first-order valence-corrected chi connectivity index (χ1v) is 3.65. The average molecular weight is 149 g/mol. The molecule has 0 saturated heterocycles. The second-order valence-electron chi connectivity index (χ2n) is 2.75. The molecule has 0 atom stereocenters.